The molecular weight excluding hydrogens is 154 g/mol. The summed E-state index contributed by atoms with van der Waals surface area (Å²) >= 11 is 0. The summed E-state index contributed by atoms with van der Waals surface area (Å²) in [7, 11) is 0. The van der Waals surface area contributed by atoms with Gasteiger partial charge in [-0.1, -0.05) is 6.92 Å². The van der Waals surface area contributed by atoms with Gasteiger partial charge in [0.1, 0.15) is 0 Å². The average molecular weight is 171 g/mol. The van der Waals surface area contributed by atoms with E-state index in [1.807, 2.05) is 6.92 Å². The van der Waals surface area contributed by atoms with Crippen molar-refractivity contribution in [3.05, 3.63) is 0 Å². The number of carbonyl (C=O) groups is 1. The molecule has 0 bridgehead atoms. The predicted octanol–water partition coefficient (Wildman–Crippen LogP) is -0.717. The second kappa shape index (κ2) is 3.87. The van der Waals surface area contributed by atoms with Crippen LogP contribution < -0.4 is 11.5 Å². The van der Waals surface area contributed by atoms with Crippen molar-refractivity contribution in [2.45, 2.75) is 31.8 Å². The Hall–Kier alpha value is -0.610. The molecule has 1 rings (SSSR count). The first-order valence-corrected chi connectivity index (χ1v) is 4.45. The van der Waals surface area contributed by atoms with E-state index in [4.69, 9.17) is 11.5 Å². The fourth-order valence-electron chi connectivity index (χ4n) is 1.40. The average Bonchev–Trinajstić information content (AvgIpc) is 2.49. The first-order chi connectivity index (χ1) is 5.65. The summed E-state index contributed by atoms with van der Waals surface area (Å²) in [5.74, 6) is 0.0467. The number of rotatable bonds is 2. The number of hydrogen-bond donors (Lipinski definition) is 2. The number of nitrogens with two attached hydrogens (primary N) is 2. The molecule has 70 valence electrons. The molecule has 1 heterocycles. The third-order valence-electron chi connectivity index (χ3n) is 2.29. The lowest BCUT2D eigenvalue weighted by atomic mass is 10.2. The van der Waals surface area contributed by atoms with Crippen LogP contribution in [-0.4, -0.2) is 36.0 Å². The van der Waals surface area contributed by atoms with Gasteiger partial charge in [-0.3, -0.25) is 4.79 Å². The van der Waals surface area contributed by atoms with Crippen LogP contribution in [0.25, 0.3) is 0 Å². The number of nitrogens with zero attached hydrogens (tertiary/aromatic N) is 1. The van der Waals surface area contributed by atoms with Crippen LogP contribution in [0.4, 0.5) is 0 Å². The number of carbonyl (C=O) groups excluding carboxylic acids is 1. The second-order valence-electron chi connectivity index (χ2n) is 3.35. The lowest BCUT2D eigenvalue weighted by Crippen LogP contribution is -2.43. The van der Waals surface area contributed by atoms with Gasteiger partial charge in [-0.15, -0.1) is 0 Å². The Balaban J connectivity index is 2.43. The molecule has 0 spiro atoms. The molecule has 0 radical (unpaired) electrons. The van der Waals surface area contributed by atoms with E-state index < -0.39 is 0 Å². The van der Waals surface area contributed by atoms with Crippen LogP contribution in [0.5, 0.6) is 0 Å². The molecule has 1 saturated heterocycles. The van der Waals surface area contributed by atoms with Crippen LogP contribution in [-0.2, 0) is 4.79 Å². The number of hydrogen-bond acceptors (Lipinski definition) is 3. The van der Waals surface area contributed by atoms with Gasteiger partial charge in [-0.05, 0) is 12.8 Å². The Kier molecular flexibility index (Phi) is 3.05. The van der Waals surface area contributed by atoms with Gasteiger partial charge in [0.25, 0.3) is 0 Å². The molecule has 0 aromatic carbocycles. The molecule has 0 aliphatic carbocycles. The summed E-state index contributed by atoms with van der Waals surface area (Å²) in [5, 5.41) is 0. The number of likely N-dealkylation sites (tertiary alicyclic amines) is 1. The first-order valence-electron chi connectivity index (χ1n) is 4.45. The van der Waals surface area contributed by atoms with Gasteiger partial charge in [0.15, 0.2) is 0 Å². The van der Waals surface area contributed by atoms with Crippen molar-refractivity contribution < 1.29 is 4.79 Å². The van der Waals surface area contributed by atoms with Crippen LogP contribution in [0.1, 0.15) is 19.8 Å². The van der Waals surface area contributed by atoms with Crippen LogP contribution in [0.2, 0.25) is 0 Å². The number of amides is 1. The zero-order valence-electron chi connectivity index (χ0n) is 7.49. The van der Waals surface area contributed by atoms with Gasteiger partial charge in [0, 0.05) is 19.1 Å². The zero-order valence-corrected chi connectivity index (χ0v) is 7.49. The Morgan fingerprint density at radius 3 is 2.83 bits per heavy atom. The van der Waals surface area contributed by atoms with E-state index in [0.29, 0.717) is 13.0 Å². The third kappa shape index (κ3) is 1.95. The maximum absolute atomic E-state index is 11.5. The molecule has 2 atom stereocenters. The van der Waals surface area contributed by atoms with Gasteiger partial charge in [-0.25, -0.2) is 0 Å². The highest BCUT2D eigenvalue weighted by Gasteiger charge is 2.26. The third-order valence-corrected chi connectivity index (χ3v) is 2.29. The highest BCUT2D eigenvalue weighted by atomic mass is 16.2. The highest BCUT2D eigenvalue weighted by molar-refractivity contribution is 5.81. The minimum atomic E-state index is -0.338. The van der Waals surface area contributed by atoms with Crippen molar-refractivity contribution in [3.63, 3.8) is 0 Å². The molecule has 12 heavy (non-hydrogen) atoms. The van der Waals surface area contributed by atoms with Crippen molar-refractivity contribution in [3.8, 4) is 0 Å². The first kappa shape index (κ1) is 9.48. The van der Waals surface area contributed by atoms with Gasteiger partial charge in [0.05, 0.1) is 6.04 Å². The molecule has 0 saturated carbocycles. The molecule has 1 aliphatic rings. The normalized spacial score (nSPS) is 25.9. The smallest absolute Gasteiger partial charge is 0.239 e. The molecule has 1 unspecified atom stereocenters. The fourth-order valence-corrected chi connectivity index (χ4v) is 1.40. The van der Waals surface area contributed by atoms with E-state index in [1.165, 1.54) is 0 Å². The summed E-state index contributed by atoms with van der Waals surface area (Å²) in [4.78, 5) is 13.2. The SMILES string of the molecule is CCC(N)C(=O)N1CC[C@H](N)C1. The molecule has 1 aliphatic heterocycles. The maximum atomic E-state index is 11.5. The zero-order chi connectivity index (χ0) is 9.14. The van der Waals surface area contributed by atoms with Crippen LogP contribution in [0.3, 0.4) is 0 Å². The Morgan fingerprint density at radius 2 is 2.42 bits per heavy atom. The van der Waals surface area contributed by atoms with Gasteiger partial charge >= 0.3 is 0 Å². The molecule has 4 N–H and O–H groups in total. The standard InChI is InChI=1S/C8H17N3O/c1-2-7(10)8(12)11-4-3-6(9)5-11/h6-7H,2-5,9-10H2,1H3/t6-,7?/m0/s1. The van der Waals surface area contributed by atoms with Gasteiger partial charge in [0.2, 0.25) is 5.91 Å². The molecule has 1 fully saturated rings. The lowest BCUT2D eigenvalue weighted by molar-refractivity contribution is -0.131. The molecule has 4 heteroatoms. The fraction of sp³-hybridized carbons (Fsp3) is 0.875. The predicted molar refractivity (Wildman–Crippen MR) is 47.4 cm³/mol. The molecule has 4 nitrogen and oxygen atoms in total. The van der Waals surface area contributed by atoms with Gasteiger partial charge in [-0.2, -0.15) is 0 Å². The highest BCUT2D eigenvalue weighted by Crippen LogP contribution is 2.08. The molecule has 0 aromatic rings. The van der Waals surface area contributed by atoms with Crippen LogP contribution in [0, 0.1) is 0 Å². The van der Waals surface area contributed by atoms with Crippen molar-refractivity contribution in [1.29, 1.82) is 0 Å². The largest absolute Gasteiger partial charge is 0.340 e. The second-order valence-corrected chi connectivity index (χ2v) is 3.35. The summed E-state index contributed by atoms with van der Waals surface area (Å²) in [5.41, 5.74) is 11.3. The molecule has 0 aromatic heterocycles. The van der Waals surface area contributed by atoms with Gasteiger partial charge < -0.3 is 16.4 Å². The van der Waals surface area contributed by atoms with E-state index in [-0.39, 0.29) is 18.0 Å². The van der Waals surface area contributed by atoms with E-state index in [2.05, 4.69) is 0 Å². The maximum Gasteiger partial charge on any atom is 0.239 e. The molecule has 1 amide bonds. The Morgan fingerprint density at radius 1 is 1.75 bits per heavy atom. The molecular formula is C8H17N3O. The van der Waals surface area contributed by atoms with Crippen molar-refractivity contribution in [2.24, 2.45) is 11.5 Å². The van der Waals surface area contributed by atoms with Crippen LogP contribution >= 0.6 is 0 Å². The summed E-state index contributed by atoms with van der Waals surface area (Å²) in [6, 6.07) is -0.187. The topological polar surface area (TPSA) is 72.4 Å². The summed E-state index contributed by atoms with van der Waals surface area (Å²) in [6.45, 7) is 3.36. The Labute approximate surface area is 72.9 Å². The quantitative estimate of drug-likeness (QED) is 0.576. The van der Waals surface area contributed by atoms with E-state index >= 15 is 0 Å². The lowest BCUT2D eigenvalue weighted by Gasteiger charge is -2.19. The van der Waals surface area contributed by atoms with Crippen molar-refractivity contribution in [1.82, 2.24) is 4.90 Å². The van der Waals surface area contributed by atoms with Crippen molar-refractivity contribution >= 4 is 5.91 Å². The Bertz CT molecular complexity index is 172. The van der Waals surface area contributed by atoms with Crippen LogP contribution in [0.15, 0.2) is 0 Å². The van der Waals surface area contributed by atoms with E-state index in [1.54, 1.807) is 4.90 Å². The van der Waals surface area contributed by atoms with E-state index in [9.17, 15) is 4.79 Å². The summed E-state index contributed by atoms with van der Waals surface area (Å²) in [6.07, 6.45) is 1.60. The monoisotopic (exact) mass is 171 g/mol. The minimum Gasteiger partial charge on any atom is -0.340 e. The van der Waals surface area contributed by atoms with E-state index in [0.717, 1.165) is 13.0 Å². The van der Waals surface area contributed by atoms with Crippen molar-refractivity contribution in [2.75, 3.05) is 13.1 Å². The minimum absolute atomic E-state index is 0.0467. The summed E-state index contributed by atoms with van der Waals surface area (Å²) < 4.78 is 0.